The van der Waals surface area contributed by atoms with Gasteiger partial charge in [-0.25, -0.2) is 0 Å². The Bertz CT molecular complexity index is 291. The molecule has 0 heterocycles. The first-order chi connectivity index (χ1) is 5.41. The van der Waals surface area contributed by atoms with Crippen LogP contribution >= 0.6 is 24.2 Å². The Morgan fingerprint density at radius 3 is 2.42 bits per heavy atom. The lowest BCUT2D eigenvalue weighted by molar-refractivity contribution is 0.791. The zero-order chi connectivity index (χ0) is 9.35. The van der Waals surface area contributed by atoms with Crippen LogP contribution in [0.1, 0.15) is 19.4 Å². The topological polar surface area (TPSA) is 26.0 Å². The Morgan fingerprint density at radius 1 is 1.42 bits per heavy atom. The van der Waals surface area contributed by atoms with E-state index in [1.165, 1.54) is 0 Å². The van der Waals surface area contributed by atoms with Gasteiger partial charge in [-0.3, -0.25) is 0 Å². The van der Waals surface area contributed by atoms with Crippen LogP contribution in [0.25, 0.3) is 0 Å². The standard InChI is InChI=1S/C9H12ClNS/c1-9(2,12)6-3-4-8(11)7(10)5-6/h3-5,12H,11H2,1-2H3. The summed E-state index contributed by atoms with van der Waals surface area (Å²) >= 11 is 10.3. The Kier molecular flexibility index (Phi) is 2.59. The SMILES string of the molecule is CC(C)(S)c1ccc(N)c(Cl)c1. The van der Waals surface area contributed by atoms with E-state index in [4.69, 9.17) is 17.3 Å². The molecule has 0 amide bonds. The van der Waals surface area contributed by atoms with Gasteiger partial charge in [0.05, 0.1) is 10.7 Å². The van der Waals surface area contributed by atoms with E-state index in [2.05, 4.69) is 12.6 Å². The smallest absolute Gasteiger partial charge is 0.0638 e. The average molecular weight is 202 g/mol. The number of nitrogen functional groups attached to an aromatic ring is 1. The van der Waals surface area contributed by atoms with E-state index in [9.17, 15) is 0 Å². The van der Waals surface area contributed by atoms with Gasteiger partial charge in [0.15, 0.2) is 0 Å². The maximum atomic E-state index is 5.86. The molecule has 0 fully saturated rings. The number of rotatable bonds is 1. The van der Waals surface area contributed by atoms with Gasteiger partial charge in [0.1, 0.15) is 0 Å². The molecule has 2 N–H and O–H groups in total. The monoisotopic (exact) mass is 201 g/mol. The zero-order valence-electron chi connectivity index (χ0n) is 7.13. The van der Waals surface area contributed by atoms with E-state index >= 15 is 0 Å². The van der Waals surface area contributed by atoms with Gasteiger partial charge < -0.3 is 5.73 Å². The van der Waals surface area contributed by atoms with Crippen LogP contribution in [0.4, 0.5) is 5.69 Å². The first-order valence-corrected chi connectivity index (χ1v) is 4.51. The van der Waals surface area contributed by atoms with E-state index in [1.54, 1.807) is 6.07 Å². The summed E-state index contributed by atoms with van der Waals surface area (Å²) in [5, 5.41) is 0.592. The van der Waals surface area contributed by atoms with Crippen molar-refractivity contribution in [2.75, 3.05) is 5.73 Å². The maximum absolute atomic E-state index is 5.86. The van der Waals surface area contributed by atoms with Crippen molar-refractivity contribution in [1.82, 2.24) is 0 Å². The van der Waals surface area contributed by atoms with Crippen LogP contribution in [0.5, 0.6) is 0 Å². The minimum Gasteiger partial charge on any atom is -0.398 e. The Balaban J connectivity index is 3.14. The van der Waals surface area contributed by atoms with Crippen LogP contribution in [0.3, 0.4) is 0 Å². The van der Waals surface area contributed by atoms with Gasteiger partial charge in [-0.05, 0) is 31.5 Å². The number of benzene rings is 1. The van der Waals surface area contributed by atoms with E-state index < -0.39 is 0 Å². The molecular formula is C9H12ClNS. The molecule has 0 aliphatic rings. The van der Waals surface area contributed by atoms with Crippen LogP contribution in [-0.4, -0.2) is 0 Å². The highest BCUT2D eigenvalue weighted by Crippen LogP contribution is 2.30. The second-order valence-electron chi connectivity index (χ2n) is 3.30. The molecule has 66 valence electrons. The van der Waals surface area contributed by atoms with Crippen molar-refractivity contribution >= 4 is 29.9 Å². The summed E-state index contributed by atoms with van der Waals surface area (Å²) in [5.41, 5.74) is 7.26. The molecule has 1 aromatic carbocycles. The van der Waals surface area contributed by atoms with Crippen molar-refractivity contribution in [3.05, 3.63) is 28.8 Å². The lowest BCUT2D eigenvalue weighted by Gasteiger charge is -2.18. The fourth-order valence-electron chi connectivity index (χ4n) is 0.908. The van der Waals surface area contributed by atoms with Crippen LogP contribution < -0.4 is 5.73 Å². The van der Waals surface area contributed by atoms with Gasteiger partial charge in [-0.2, -0.15) is 12.6 Å². The zero-order valence-corrected chi connectivity index (χ0v) is 8.78. The van der Waals surface area contributed by atoms with Crippen LogP contribution in [-0.2, 0) is 4.75 Å². The van der Waals surface area contributed by atoms with Gasteiger partial charge in [-0.15, -0.1) is 0 Å². The highest BCUT2D eigenvalue weighted by Gasteiger charge is 2.15. The number of anilines is 1. The van der Waals surface area contributed by atoms with Crippen molar-refractivity contribution in [3.8, 4) is 0 Å². The molecule has 0 bridgehead atoms. The first kappa shape index (κ1) is 9.75. The Morgan fingerprint density at radius 2 is 2.00 bits per heavy atom. The summed E-state index contributed by atoms with van der Waals surface area (Å²) in [6.45, 7) is 4.02. The summed E-state index contributed by atoms with van der Waals surface area (Å²) in [6.07, 6.45) is 0. The maximum Gasteiger partial charge on any atom is 0.0638 e. The highest BCUT2D eigenvalue weighted by atomic mass is 35.5. The van der Waals surface area contributed by atoms with E-state index in [1.807, 2.05) is 26.0 Å². The van der Waals surface area contributed by atoms with Crippen LogP contribution in [0.2, 0.25) is 5.02 Å². The number of hydrogen-bond acceptors (Lipinski definition) is 2. The molecule has 3 heteroatoms. The molecule has 0 aliphatic heterocycles. The summed E-state index contributed by atoms with van der Waals surface area (Å²) in [7, 11) is 0. The van der Waals surface area contributed by atoms with Crippen molar-refractivity contribution in [3.63, 3.8) is 0 Å². The van der Waals surface area contributed by atoms with Gasteiger partial charge >= 0.3 is 0 Å². The van der Waals surface area contributed by atoms with E-state index in [-0.39, 0.29) is 4.75 Å². The molecule has 0 radical (unpaired) electrons. The molecule has 0 aromatic heterocycles. The molecule has 0 spiro atoms. The van der Waals surface area contributed by atoms with Gasteiger partial charge in [0, 0.05) is 4.75 Å². The predicted molar refractivity (Wildman–Crippen MR) is 57.9 cm³/mol. The predicted octanol–water partition coefficient (Wildman–Crippen LogP) is 3.09. The van der Waals surface area contributed by atoms with Crippen molar-refractivity contribution in [1.29, 1.82) is 0 Å². The lowest BCUT2D eigenvalue weighted by Crippen LogP contribution is -2.07. The molecule has 1 aromatic rings. The van der Waals surface area contributed by atoms with Gasteiger partial charge in [0.2, 0.25) is 0 Å². The Labute approximate surface area is 83.3 Å². The normalized spacial score (nSPS) is 11.7. The average Bonchev–Trinajstić information content (AvgIpc) is 1.92. The summed E-state index contributed by atoms with van der Waals surface area (Å²) in [6, 6.07) is 5.59. The second-order valence-corrected chi connectivity index (χ2v) is 4.82. The molecule has 12 heavy (non-hydrogen) atoms. The third kappa shape index (κ3) is 2.08. The van der Waals surface area contributed by atoms with Gasteiger partial charge in [0.25, 0.3) is 0 Å². The Hall–Kier alpha value is -0.340. The van der Waals surface area contributed by atoms with Crippen molar-refractivity contribution in [2.24, 2.45) is 0 Å². The fraction of sp³-hybridized carbons (Fsp3) is 0.333. The summed E-state index contributed by atoms with van der Waals surface area (Å²) in [5.74, 6) is 0. The first-order valence-electron chi connectivity index (χ1n) is 3.69. The molecule has 0 unspecified atom stereocenters. The highest BCUT2D eigenvalue weighted by molar-refractivity contribution is 7.81. The third-order valence-corrected chi connectivity index (χ3v) is 2.29. The quantitative estimate of drug-likeness (QED) is 0.530. The largest absolute Gasteiger partial charge is 0.398 e. The number of nitrogens with two attached hydrogens (primary N) is 1. The van der Waals surface area contributed by atoms with Gasteiger partial charge in [-0.1, -0.05) is 17.7 Å². The molecule has 0 atom stereocenters. The van der Waals surface area contributed by atoms with Crippen LogP contribution in [0, 0.1) is 0 Å². The minimum absolute atomic E-state index is 0.169. The number of thiol groups is 1. The van der Waals surface area contributed by atoms with Crippen LogP contribution in [0.15, 0.2) is 18.2 Å². The molecular weight excluding hydrogens is 190 g/mol. The minimum atomic E-state index is -0.169. The molecule has 1 rings (SSSR count). The van der Waals surface area contributed by atoms with E-state index in [0.717, 1.165) is 5.56 Å². The van der Waals surface area contributed by atoms with Crippen molar-refractivity contribution < 1.29 is 0 Å². The molecule has 0 saturated heterocycles. The third-order valence-electron chi connectivity index (χ3n) is 1.71. The molecule has 0 aliphatic carbocycles. The molecule has 1 nitrogen and oxygen atoms in total. The van der Waals surface area contributed by atoms with E-state index in [0.29, 0.717) is 10.7 Å². The summed E-state index contributed by atoms with van der Waals surface area (Å²) < 4.78 is -0.169. The fourth-order valence-corrected chi connectivity index (χ4v) is 1.23. The molecule has 0 saturated carbocycles. The lowest BCUT2D eigenvalue weighted by atomic mass is 10.0. The summed E-state index contributed by atoms with van der Waals surface area (Å²) in [4.78, 5) is 0. The second kappa shape index (κ2) is 3.19. The number of halogens is 1. The number of hydrogen-bond donors (Lipinski definition) is 2. The van der Waals surface area contributed by atoms with Crippen molar-refractivity contribution in [2.45, 2.75) is 18.6 Å².